The fourth-order valence-corrected chi connectivity index (χ4v) is 2.63. The van der Waals surface area contributed by atoms with Crippen LogP contribution in [-0.2, 0) is 4.79 Å². The molecule has 0 radical (unpaired) electrons. The van der Waals surface area contributed by atoms with E-state index in [1.165, 1.54) is 0 Å². The molecule has 1 aliphatic heterocycles. The number of benzene rings is 1. The number of aromatic nitrogens is 2. The third-order valence-corrected chi connectivity index (χ3v) is 3.85. The molecule has 0 bridgehead atoms. The molecule has 2 aromatic rings. The van der Waals surface area contributed by atoms with Gasteiger partial charge in [0.15, 0.2) is 0 Å². The lowest BCUT2D eigenvalue weighted by Gasteiger charge is -2.19. The zero-order valence-electron chi connectivity index (χ0n) is 12.7. The molecule has 1 aromatic carbocycles. The second-order valence-corrected chi connectivity index (χ2v) is 5.38. The minimum Gasteiger partial charge on any atom is -0.324 e. The minimum atomic E-state index is -0.128. The summed E-state index contributed by atoms with van der Waals surface area (Å²) in [7, 11) is 0. The molecule has 6 nitrogen and oxygen atoms in total. The molecular weight excluding hydrogens is 280 g/mol. The Morgan fingerprint density at radius 3 is 2.82 bits per heavy atom. The Morgan fingerprint density at radius 1 is 1.36 bits per heavy atom. The molecule has 1 fully saturated rings. The van der Waals surface area contributed by atoms with Gasteiger partial charge in [-0.15, -0.1) is 0 Å². The highest BCUT2D eigenvalue weighted by Crippen LogP contribution is 2.20. The average Bonchev–Trinajstić information content (AvgIpc) is 3.15. The third kappa shape index (κ3) is 2.47. The van der Waals surface area contributed by atoms with Crippen LogP contribution in [0.3, 0.4) is 0 Å². The summed E-state index contributed by atoms with van der Waals surface area (Å²) in [5, 5.41) is 0. The summed E-state index contributed by atoms with van der Waals surface area (Å²) in [6.07, 6.45) is 5.14. The van der Waals surface area contributed by atoms with Crippen LogP contribution in [-0.4, -0.2) is 50.9 Å². The van der Waals surface area contributed by atoms with Gasteiger partial charge in [0.05, 0.1) is 24.2 Å². The van der Waals surface area contributed by atoms with E-state index in [-0.39, 0.29) is 18.4 Å². The lowest BCUT2D eigenvalue weighted by Crippen LogP contribution is -2.31. The van der Waals surface area contributed by atoms with Gasteiger partial charge in [-0.25, -0.2) is 4.98 Å². The van der Waals surface area contributed by atoms with Crippen LogP contribution in [0.2, 0.25) is 0 Å². The summed E-state index contributed by atoms with van der Waals surface area (Å²) in [6, 6.07) is 5.72. The van der Waals surface area contributed by atoms with E-state index in [2.05, 4.69) is 4.98 Å². The monoisotopic (exact) mass is 298 g/mol. The lowest BCUT2D eigenvalue weighted by molar-refractivity contribution is -0.126. The van der Waals surface area contributed by atoms with Gasteiger partial charge in [0.25, 0.3) is 5.91 Å². The predicted octanol–water partition coefficient (Wildman–Crippen LogP) is 1.44. The van der Waals surface area contributed by atoms with Gasteiger partial charge in [-0.1, -0.05) is 11.6 Å². The second-order valence-electron chi connectivity index (χ2n) is 5.38. The molecule has 1 aromatic heterocycles. The maximum atomic E-state index is 12.8. The van der Waals surface area contributed by atoms with Crippen molar-refractivity contribution < 1.29 is 9.59 Å². The van der Waals surface area contributed by atoms with E-state index in [9.17, 15) is 9.59 Å². The van der Waals surface area contributed by atoms with Crippen molar-refractivity contribution in [3.63, 3.8) is 0 Å². The molecule has 22 heavy (non-hydrogen) atoms. The molecule has 0 spiro atoms. The van der Waals surface area contributed by atoms with Gasteiger partial charge in [0, 0.05) is 18.9 Å². The zero-order chi connectivity index (χ0) is 15.7. The number of likely N-dealkylation sites (N-methyl/N-ethyl adjacent to an activating group) is 1. The van der Waals surface area contributed by atoms with Crippen LogP contribution in [0.4, 0.5) is 0 Å². The third-order valence-electron chi connectivity index (χ3n) is 3.85. The second kappa shape index (κ2) is 5.63. The van der Waals surface area contributed by atoms with Crippen LogP contribution in [0.25, 0.3) is 5.69 Å². The van der Waals surface area contributed by atoms with Crippen LogP contribution in [0.5, 0.6) is 0 Å². The van der Waals surface area contributed by atoms with Gasteiger partial charge in [-0.2, -0.15) is 0 Å². The van der Waals surface area contributed by atoms with Crippen LogP contribution in [0.15, 0.2) is 36.9 Å². The minimum absolute atomic E-state index is 0.00677. The summed E-state index contributed by atoms with van der Waals surface area (Å²) in [4.78, 5) is 32.0. The van der Waals surface area contributed by atoms with Crippen LogP contribution in [0, 0.1) is 6.92 Å². The number of rotatable bonds is 3. The Labute approximate surface area is 129 Å². The van der Waals surface area contributed by atoms with Crippen molar-refractivity contribution in [3.05, 3.63) is 48.0 Å². The Kier molecular flexibility index (Phi) is 3.66. The average molecular weight is 298 g/mol. The molecule has 0 aliphatic carbocycles. The summed E-state index contributed by atoms with van der Waals surface area (Å²) < 4.78 is 1.81. The van der Waals surface area contributed by atoms with Gasteiger partial charge < -0.3 is 14.4 Å². The fourth-order valence-electron chi connectivity index (χ4n) is 2.63. The zero-order valence-corrected chi connectivity index (χ0v) is 12.7. The van der Waals surface area contributed by atoms with Crippen molar-refractivity contribution in [3.8, 4) is 5.69 Å². The highest BCUT2D eigenvalue weighted by atomic mass is 16.2. The maximum Gasteiger partial charge on any atom is 0.257 e. The number of hydrogen-bond acceptors (Lipinski definition) is 3. The number of amides is 2. The van der Waals surface area contributed by atoms with Crippen molar-refractivity contribution in [2.45, 2.75) is 13.8 Å². The van der Waals surface area contributed by atoms with E-state index in [0.29, 0.717) is 18.8 Å². The van der Waals surface area contributed by atoms with Gasteiger partial charge in [0.2, 0.25) is 5.91 Å². The molecule has 0 unspecified atom stereocenters. The van der Waals surface area contributed by atoms with Gasteiger partial charge in [0.1, 0.15) is 6.54 Å². The molecule has 114 valence electrons. The van der Waals surface area contributed by atoms with E-state index in [1.807, 2.05) is 36.6 Å². The molecule has 0 atom stereocenters. The smallest absolute Gasteiger partial charge is 0.257 e. The first-order valence-electron chi connectivity index (χ1n) is 7.26. The topological polar surface area (TPSA) is 58.4 Å². The highest BCUT2D eigenvalue weighted by Gasteiger charge is 2.31. The van der Waals surface area contributed by atoms with Gasteiger partial charge >= 0.3 is 0 Å². The van der Waals surface area contributed by atoms with E-state index >= 15 is 0 Å². The quantitative estimate of drug-likeness (QED) is 0.861. The standard InChI is InChI=1S/C16H18N4O2/c1-3-18-11-20(9-15(18)21)16(22)13-8-12(2)4-5-14(13)19-7-6-17-10-19/h4-8,10H,3,9,11H2,1-2H3. The van der Waals surface area contributed by atoms with E-state index in [0.717, 1.165) is 11.3 Å². The SMILES string of the molecule is CCN1CN(C(=O)c2cc(C)ccc2-n2ccnc2)CC1=O. The predicted molar refractivity (Wildman–Crippen MR) is 81.6 cm³/mol. The van der Waals surface area contributed by atoms with Crippen molar-refractivity contribution in [2.24, 2.45) is 0 Å². The van der Waals surface area contributed by atoms with Crippen molar-refractivity contribution in [1.82, 2.24) is 19.4 Å². The lowest BCUT2D eigenvalue weighted by atomic mass is 10.1. The van der Waals surface area contributed by atoms with E-state index in [4.69, 9.17) is 0 Å². The number of imidazole rings is 1. The Morgan fingerprint density at radius 2 is 2.18 bits per heavy atom. The summed E-state index contributed by atoms with van der Waals surface area (Å²) in [5.41, 5.74) is 2.37. The van der Waals surface area contributed by atoms with Gasteiger partial charge in [-0.3, -0.25) is 9.59 Å². The number of nitrogens with zero attached hydrogens (tertiary/aromatic N) is 4. The Bertz CT molecular complexity index is 709. The van der Waals surface area contributed by atoms with Crippen LogP contribution >= 0.6 is 0 Å². The molecule has 6 heteroatoms. The Balaban J connectivity index is 1.96. The molecule has 0 saturated carbocycles. The first-order chi connectivity index (χ1) is 10.6. The van der Waals surface area contributed by atoms with Crippen molar-refractivity contribution in [2.75, 3.05) is 19.8 Å². The first-order valence-corrected chi connectivity index (χ1v) is 7.26. The highest BCUT2D eigenvalue weighted by molar-refractivity contribution is 6.00. The van der Waals surface area contributed by atoms with Gasteiger partial charge in [-0.05, 0) is 26.0 Å². The normalized spacial score (nSPS) is 14.7. The molecular formula is C16H18N4O2. The Hall–Kier alpha value is -2.63. The molecule has 3 rings (SSSR count). The van der Waals surface area contributed by atoms with Crippen LogP contribution < -0.4 is 0 Å². The molecule has 2 heterocycles. The molecule has 2 amide bonds. The molecule has 0 N–H and O–H groups in total. The maximum absolute atomic E-state index is 12.8. The fraction of sp³-hybridized carbons (Fsp3) is 0.312. The molecule has 1 aliphatic rings. The van der Waals surface area contributed by atoms with Crippen molar-refractivity contribution >= 4 is 11.8 Å². The summed E-state index contributed by atoms with van der Waals surface area (Å²) >= 11 is 0. The number of carbonyl (C=O) groups is 2. The van der Waals surface area contributed by atoms with E-state index < -0.39 is 0 Å². The number of carbonyl (C=O) groups excluding carboxylic acids is 2. The first kappa shape index (κ1) is 14.3. The summed E-state index contributed by atoms with van der Waals surface area (Å²) in [6.45, 7) is 4.97. The molecule has 1 saturated heterocycles. The van der Waals surface area contributed by atoms with Crippen LogP contribution in [0.1, 0.15) is 22.8 Å². The summed E-state index contributed by atoms with van der Waals surface area (Å²) in [5.74, 6) is -0.135. The largest absolute Gasteiger partial charge is 0.324 e. The number of hydrogen-bond donors (Lipinski definition) is 0. The van der Waals surface area contributed by atoms with E-state index in [1.54, 1.807) is 28.5 Å². The number of aryl methyl sites for hydroxylation is 1. The van der Waals surface area contributed by atoms with Crippen molar-refractivity contribution in [1.29, 1.82) is 0 Å².